The first-order valence-electron chi connectivity index (χ1n) is 10.2. The summed E-state index contributed by atoms with van der Waals surface area (Å²) in [6, 6.07) is 5.38. The molecule has 3 rings (SSSR count). The number of carbonyl (C=O) groups excluding carboxylic acids is 2. The minimum Gasteiger partial charge on any atom is -0.337 e. The lowest BCUT2D eigenvalue weighted by Gasteiger charge is -2.35. The van der Waals surface area contributed by atoms with E-state index in [2.05, 4.69) is 5.32 Å². The summed E-state index contributed by atoms with van der Waals surface area (Å²) in [7, 11) is 0. The fourth-order valence-corrected chi connectivity index (χ4v) is 3.66. The number of hydrogen-bond acceptors (Lipinski definition) is 3. The molecule has 0 aliphatic heterocycles. The lowest BCUT2D eigenvalue weighted by Crippen LogP contribution is -2.58. The first-order chi connectivity index (χ1) is 13.4. The molecule has 0 atom stereocenters. The Labute approximate surface area is 167 Å². The third-order valence-corrected chi connectivity index (χ3v) is 5.33. The zero-order chi connectivity index (χ0) is 20.4. The Morgan fingerprint density at radius 3 is 2.11 bits per heavy atom. The summed E-state index contributed by atoms with van der Waals surface area (Å²) >= 11 is 0. The van der Waals surface area contributed by atoms with Gasteiger partial charge in [-0.1, -0.05) is 18.2 Å². The molecule has 2 aliphatic rings. The van der Waals surface area contributed by atoms with Gasteiger partial charge in [0.05, 0.1) is 0 Å². The second-order valence-electron chi connectivity index (χ2n) is 7.64. The maximum Gasteiger partial charge on any atom is 0.335 e. The summed E-state index contributed by atoms with van der Waals surface area (Å²) < 4.78 is 0. The van der Waals surface area contributed by atoms with Gasteiger partial charge < -0.3 is 15.1 Å². The molecule has 1 aromatic rings. The number of hydrogen-bond donors (Lipinski definition) is 2. The number of urea groups is 2. The molecule has 1 aromatic carbocycles. The zero-order valence-corrected chi connectivity index (χ0v) is 17.3. The van der Waals surface area contributed by atoms with E-state index in [9.17, 15) is 9.59 Å². The molecule has 7 nitrogen and oxygen atoms in total. The van der Waals surface area contributed by atoms with E-state index in [1.54, 1.807) is 4.90 Å². The van der Waals surface area contributed by atoms with Crippen molar-refractivity contribution >= 4 is 23.7 Å². The predicted molar refractivity (Wildman–Crippen MR) is 111 cm³/mol. The number of aryl methyl sites for hydroxylation is 2. The van der Waals surface area contributed by atoms with Crippen LogP contribution in [-0.2, 0) is 0 Å². The van der Waals surface area contributed by atoms with Crippen molar-refractivity contribution in [3.05, 3.63) is 29.3 Å². The summed E-state index contributed by atoms with van der Waals surface area (Å²) in [6.07, 6.45) is 3.82. The lowest BCUT2D eigenvalue weighted by molar-refractivity contribution is 0.171. The molecule has 0 unspecified atom stereocenters. The number of nitrogens with one attached hydrogen (secondary N) is 2. The minimum absolute atomic E-state index is 0.0602. The molecule has 0 spiro atoms. The van der Waals surface area contributed by atoms with Crippen molar-refractivity contribution in [2.24, 2.45) is 0 Å². The fraction of sp³-hybridized carbons (Fsp3) is 0.571. The van der Waals surface area contributed by atoms with Crippen LogP contribution in [0.1, 0.15) is 50.7 Å². The van der Waals surface area contributed by atoms with Crippen LogP contribution in [0.2, 0.25) is 0 Å². The van der Waals surface area contributed by atoms with E-state index in [4.69, 9.17) is 5.41 Å². The van der Waals surface area contributed by atoms with Crippen LogP contribution in [0.25, 0.3) is 0 Å². The summed E-state index contributed by atoms with van der Waals surface area (Å²) in [5.74, 6) is -0.0602. The van der Waals surface area contributed by atoms with Gasteiger partial charge in [0, 0.05) is 30.9 Å². The average Bonchev–Trinajstić information content (AvgIpc) is 3.53. The summed E-state index contributed by atoms with van der Waals surface area (Å²) in [5, 5.41) is 11.6. The first kappa shape index (κ1) is 20.2. The normalized spacial score (nSPS) is 15.7. The van der Waals surface area contributed by atoms with E-state index >= 15 is 0 Å². The maximum atomic E-state index is 13.3. The van der Waals surface area contributed by atoms with Gasteiger partial charge in [0.1, 0.15) is 0 Å². The predicted octanol–water partition coefficient (Wildman–Crippen LogP) is 3.84. The van der Waals surface area contributed by atoms with E-state index < -0.39 is 12.1 Å². The Kier molecular flexibility index (Phi) is 5.91. The van der Waals surface area contributed by atoms with E-state index in [1.807, 2.05) is 50.8 Å². The van der Waals surface area contributed by atoms with Crippen LogP contribution in [-0.4, -0.2) is 53.0 Å². The molecular weight excluding hydrogens is 354 g/mol. The molecule has 2 N–H and O–H groups in total. The van der Waals surface area contributed by atoms with E-state index in [0.29, 0.717) is 13.1 Å². The number of nitrogens with zero attached hydrogens (tertiary/aromatic N) is 3. The van der Waals surface area contributed by atoms with Crippen molar-refractivity contribution in [2.75, 3.05) is 18.0 Å². The highest BCUT2D eigenvalue weighted by atomic mass is 16.2. The molecular formula is C21H31N5O2. The van der Waals surface area contributed by atoms with Crippen molar-refractivity contribution in [1.82, 2.24) is 15.1 Å². The number of rotatable bonds is 5. The van der Waals surface area contributed by atoms with Crippen LogP contribution in [0.4, 0.5) is 15.3 Å². The van der Waals surface area contributed by atoms with Crippen LogP contribution in [0.5, 0.6) is 0 Å². The quantitative estimate of drug-likeness (QED) is 0.597. The summed E-state index contributed by atoms with van der Waals surface area (Å²) in [4.78, 5) is 30.7. The van der Waals surface area contributed by atoms with Gasteiger partial charge in [0.25, 0.3) is 0 Å². The summed E-state index contributed by atoms with van der Waals surface area (Å²) in [6.45, 7) is 8.67. The van der Waals surface area contributed by atoms with Crippen LogP contribution in [0, 0.1) is 19.3 Å². The molecule has 7 heteroatoms. The number of guanidine groups is 1. The van der Waals surface area contributed by atoms with Crippen LogP contribution in [0.3, 0.4) is 0 Å². The van der Waals surface area contributed by atoms with Crippen LogP contribution < -0.4 is 10.2 Å². The molecule has 0 aromatic heterocycles. The van der Waals surface area contributed by atoms with Crippen LogP contribution >= 0.6 is 0 Å². The third kappa shape index (κ3) is 3.98. The lowest BCUT2D eigenvalue weighted by atomic mass is 10.1. The maximum absolute atomic E-state index is 13.3. The Morgan fingerprint density at radius 1 is 1.07 bits per heavy atom. The third-order valence-electron chi connectivity index (χ3n) is 5.33. The van der Waals surface area contributed by atoms with E-state index in [1.165, 1.54) is 0 Å². The minimum atomic E-state index is -0.534. The van der Waals surface area contributed by atoms with Gasteiger partial charge in [-0.2, -0.15) is 4.90 Å². The highest BCUT2D eigenvalue weighted by molar-refractivity contribution is 6.15. The van der Waals surface area contributed by atoms with Crippen molar-refractivity contribution in [1.29, 1.82) is 5.41 Å². The highest BCUT2D eigenvalue weighted by Crippen LogP contribution is 2.36. The van der Waals surface area contributed by atoms with Gasteiger partial charge in [-0.15, -0.1) is 0 Å². The molecule has 152 valence electrons. The number of imide groups is 1. The van der Waals surface area contributed by atoms with Gasteiger partial charge in [0.15, 0.2) is 0 Å². The van der Waals surface area contributed by atoms with Gasteiger partial charge >= 0.3 is 12.1 Å². The van der Waals surface area contributed by atoms with E-state index in [-0.39, 0.29) is 18.0 Å². The smallest absolute Gasteiger partial charge is 0.335 e. The van der Waals surface area contributed by atoms with Crippen LogP contribution in [0.15, 0.2) is 18.2 Å². The molecule has 0 radical (unpaired) electrons. The van der Waals surface area contributed by atoms with Crippen molar-refractivity contribution in [2.45, 2.75) is 65.5 Å². The Morgan fingerprint density at radius 2 is 1.64 bits per heavy atom. The molecule has 2 fully saturated rings. The molecule has 0 heterocycles. The van der Waals surface area contributed by atoms with Gasteiger partial charge in [-0.3, -0.25) is 5.41 Å². The Bertz CT molecular complexity index is 750. The second kappa shape index (κ2) is 8.20. The largest absolute Gasteiger partial charge is 0.337 e. The van der Waals surface area contributed by atoms with Gasteiger partial charge in [-0.05, 0) is 64.5 Å². The van der Waals surface area contributed by atoms with Crippen molar-refractivity contribution in [3.63, 3.8) is 0 Å². The number of anilines is 1. The topological polar surface area (TPSA) is 79.7 Å². The first-order valence-corrected chi connectivity index (χ1v) is 10.2. The average molecular weight is 386 g/mol. The van der Waals surface area contributed by atoms with Crippen molar-refractivity contribution in [3.8, 4) is 0 Å². The molecule has 2 saturated carbocycles. The molecule has 4 amide bonds. The molecule has 28 heavy (non-hydrogen) atoms. The number of para-hydroxylation sites is 1. The van der Waals surface area contributed by atoms with Gasteiger partial charge in [0.2, 0.25) is 5.96 Å². The van der Waals surface area contributed by atoms with E-state index in [0.717, 1.165) is 47.4 Å². The SMILES string of the molecule is CCNC(=O)N(C(=N)N(c1c(C)cccc1C)C1CC1)C(=O)N(CC)C1CC1. The zero-order valence-electron chi connectivity index (χ0n) is 17.3. The molecule has 0 saturated heterocycles. The fourth-order valence-electron chi connectivity index (χ4n) is 3.66. The monoisotopic (exact) mass is 385 g/mol. The molecule has 0 bridgehead atoms. The molecule has 2 aliphatic carbocycles. The summed E-state index contributed by atoms with van der Waals surface area (Å²) in [5.41, 5.74) is 3.00. The second-order valence-corrected chi connectivity index (χ2v) is 7.64. The number of amides is 4. The Balaban J connectivity index is 1.98. The number of benzene rings is 1. The Hall–Kier alpha value is -2.57. The highest BCUT2D eigenvalue weighted by Gasteiger charge is 2.42. The van der Waals surface area contributed by atoms with Crippen molar-refractivity contribution < 1.29 is 9.59 Å². The van der Waals surface area contributed by atoms with Gasteiger partial charge in [-0.25, -0.2) is 9.59 Å². The standard InChI is InChI=1S/C21H31N5O2/c1-5-23-20(27)26(21(28)24(6-2)16-10-11-16)19(22)25(17-12-13-17)18-14(3)8-7-9-15(18)4/h7-9,16-17,22H,5-6,10-13H2,1-4H3,(H,23,27). The number of carbonyl (C=O) groups is 2.